The lowest BCUT2D eigenvalue weighted by atomic mass is 10.3. The van der Waals surface area contributed by atoms with Crippen LogP contribution in [0.5, 0.6) is 11.5 Å². The van der Waals surface area contributed by atoms with Gasteiger partial charge in [0, 0.05) is 5.69 Å². The lowest BCUT2D eigenvalue weighted by Crippen LogP contribution is -2.32. The Balaban J connectivity index is 1.82. The van der Waals surface area contributed by atoms with Crippen molar-refractivity contribution in [2.45, 2.75) is 6.92 Å². The summed E-state index contributed by atoms with van der Waals surface area (Å²) in [7, 11) is 0. The van der Waals surface area contributed by atoms with Gasteiger partial charge in [-0.05, 0) is 37.3 Å². The second kappa shape index (κ2) is 7.87. The Morgan fingerprint density at radius 1 is 1.09 bits per heavy atom. The van der Waals surface area contributed by atoms with Crippen LogP contribution in [0.25, 0.3) is 0 Å². The summed E-state index contributed by atoms with van der Waals surface area (Å²) in [5, 5.41) is 5.03. The molecule has 0 radical (unpaired) electrons. The monoisotopic (exact) mass is 304 g/mol. The fraction of sp³-hybridized carbons (Fsp3) is 0.188. The van der Waals surface area contributed by atoms with Gasteiger partial charge in [-0.1, -0.05) is 18.2 Å². The van der Waals surface area contributed by atoms with Gasteiger partial charge in [0.1, 0.15) is 5.82 Å². The third-order valence-corrected chi connectivity index (χ3v) is 2.69. The van der Waals surface area contributed by atoms with Gasteiger partial charge < -0.3 is 20.1 Å². The van der Waals surface area contributed by atoms with E-state index in [2.05, 4.69) is 10.6 Å². The fourth-order valence-electron chi connectivity index (χ4n) is 1.77. The van der Waals surface area contributed by atoms with E-state index >= 15 is 0 Å². The summed E-state index contributed by atoms with van der Waals surface area (Å²) >= 11 is 0. The number of carbonyl (C=O) groups excluding carboxylic acids is 1. The molecule has 2 rings (SSSR count). The molecule has 2 amide bonds. The van der Waals surface area contributed by atoms with E-state index < -0.39 is 11.8 Å². The number of carbonyl (C=O) groups is 1. The minimum Gasteiger partial charge on any atom is -0.490 e. The number of benzene rings is 2. The Labute approximate surface area is 128 Å². The Bertz CT molecular complexity index is 634. The first-order chi connectivity index (χ1) is 10.7. The third-order valence-electron chi connectivity index (χ3n) is 2.69. The molecular weight excluding hydrogens is 287 g/mol. The predicted octanol–water partition coefficient (Wildman–Crippen LogP) is 3.38. The van der Waals surface area contributed by atoms with E-state index in [4.69, 9.17) is 9.47 Å². The third kappa shape index (κ3) is 4.66. The molecule has 0 fully saturated rings. The molecule has 0 atom stereocenters. The molecule has 0 spiro atoms. The number of halogens is 1. The van der Waals surface area contributed by atoms with Gasteiger partial charge in [0.15, 0.2) is 18.2 Å². The summed E-state index contributed by atoms with van der Waals surface area (Å²) in [5.74, 6) is 0.729. The van der Waals surface area contributed by atoms with Crippen molar-refractivity contribution in [1.29, 1.82) is 0 Å². The highest BCUT2D eigenvalue weighted by Crippen LogP contribution is 2.25. The predicted molar refractivity (Wildman–Crippen MR) is 81.7 cm³/mol. The Hall–Kier alpha value is -2.76. The Morgan fingerprint density at radius 3 is 2.50 bits per heavy atom. The molecule has 0 aliphatic rings. The van der Waals surface area contributed by atoms with Gasteiger partial charge in [-0.2, -0.15) is 0 Å². The highest BCUT2D eigenvalue weighted by Gasteiger charge is 2.05. The SMILES string of the molecule is CCOc1ccccc1OCNC(=O)Nc1cccc(F)c1. The molecule has 0 bridgehead atoms. The molecule has 22 heavy (non-hydrogen) atoms. The maximum atomic E-state index is 13.0. The normalized spacial score (nSPS) is 9.91. The first-order valence-corrected chi connectivity index (χ1v) is 6.84. The molecule has 0 unspecified atom stereocenters. The van der Waals surface area contributed by atoms with Crippen molar-refractivity contribution in [2.24, 2.45) is 0 Å². The summed E-state index contributed by atoms with van der Waals surface area (Å²) < 4.78 is 23.9. The van der Waals surface area contributed by atoms with Crippen molar-refractivity contribution in [3.63, 3.8) is 0 Å². The fourth-order valence-corrected chi connectivity index (χ4v) is 1.77. The molecule has 116 valence electrons. The number of hydrogen-bond donors (Lipinski definition) is 2. The smallest absolute Gasteiger partial charge is 0.321 e. The quantitative estimate of drug-likeness (QED) is 0.804. The highest BCUT2D eigenvalue weighted by molar-refractivity contribution is 5.89. The van der Waals surface area contributed by atoms with Gasteiger partial charge in [0.05, 0.1) is 6.61 Å². The van der Waals surface area contributed by atoms with Gasteiger partial charge in [0.25, 0.3) is 0 Å². The molecule has 0 aromatic heterocycles. The van der Waals surface area contributed by atoms with Crippen molar-refractivity contribution in [3.05, 3.63) is 54.3 Å². The molecular formula is C16H17FN2O3. The van der Waals surface area contributed by atoms with E-state index in [-0.39, 0.29) is 6.73 Å². The van der Waals surface area contributed by atoms with Crippen LogP contribution in [0.1, 0.15) is 6.92 Å². The Morgan fingerprint density at radius 2 is 1.82 bits per heavy atom. The molecule has 0 heterocycles. The second-order valence-electron chi connectivity index (χ2n) is 4.31. The van der Waals surface area contributed by atoms with E-state index in [9.17, 15) is 9.18 Å². The van der Waals surface area contributed by atoms with E-state index in [0.29, 0.717) is 23.8 Å². The molecule has 2 N–H and O–H groups in total. The standard InChI is InChI=1S/C16H17FN2O3/c1-2-21-14-8-3-4-9-15(14)22-11-18-16(20)19-13-7-5-6-12(17)10-13/h3-10H,2,11H2,1H3,(H2,18,19,20). The number of ether oxygens (including phenoxy) is 2. The van der Waals surface area contributed by atoms with E-state index in [1.54, 1.807) is 18.2 Å². The summed E-state index contributed by atoms with van der Waals surface area (Å²) in [5.41, 5.74) is 0.368. The number of nitrogens with one attached hydrogen (secondary N) is 2. The zero-order valence-electron chi connectivity index (χ0n) is 12.1. The molecule has 0 aliphatic carbocycles. The zero-order valence-corrected chi connectivity index (χ0v) is 12.1. The number of hydrogen-bond acceptors (Lipinski definition) is 3. The van der Waals surface area contributed by atoms with Gasteiger partial charge >= 0.3 is 6.03 Å². The van der Waals surface area contributed by atoms with Crippen LogP contribution in [0.3, 0.4) is 0 Å². The number of para-hydroxylation sites is 2. The van der Waals surface area contributed by atoms with Gasteiger partial charge in [0.2, 0.25) is 0 Å². The largest absolute Gasteiger partial charge is 0.490 e. The van der Waals surface area contributed by atoms with Crippen LogP contribution in [0, 0.1) is 5.82 Å². The summed E-state index contributed by atoms with van der Waals surface area (Å²) in [4.78, 5) is 11.7. The van der Waals surface area contributed by atoms with E-state index in [1.165, 1.54) is 18.2 Å². The van der Waals surface area contributed by atoms with Crippen LogP contribution >= 0.6 is 0 Å². The van der Waals surface area contributed by atoms with Gasteiger partial charge in [-0.3, -0.25) is 0 Å². The average Bonchev–Trinajstić information content (AvgIpc) is 2.49. The number of urea groups is 1. The summed E-state index contributed by atoms with van der Waals surface area (Å²) in [6, 6.07) is 12.3. The van der Waals surface area contributed by atoms with Crippen molar-refractivity contribution in [3.8, 4) is 11.5 Å². The molecule has 2 aromatic rings. The highest BCUT2D eigenvalue weighted by atomic mass is 19.1. The maximum Gasteiger partial charge on any atom is 0.321 e. The van der Waals surface area contributed by atoms with Gasteiger partial charge in [-0.25, -0.2) is 9.18 Å². The first-order valence-electron chi connectivity index (χ1n) is 6.84. The van der Waals surface area contributed by atoms with Crippen molar-refractivity contribution < 1.29 is 18.7 Å². The van der Waals surface area contributed by atoms with E-state index in [1.807, 2.05) is 19.1 Å². The summed E-state index contributed by atoms with van der Waals surface area (Å²) in [6.07, 6.45) is 0. The molecule has 0 saturated carbocycles. The Kier molecular flexibility index (Phi) is 5.59. The molecule has 0 aliphatic heterocycles. The maximum absolute atomic E-state index is 13.0. The minimum absolute atomic E-state index is 0.0365. The number of amides is 2. The van der Waals surface area contributed by atoms with Crippen LogP contribution in [0.2, 0.25) is 0 Å². The van der Waals surface area contributed by atoms with Crippen molar-refractivity contribution in [2.75, 3.05) is 18.7 Å². The lowest BCUT2D eigenvalue weighted by Gasteiger charge is -2.12. The van der Waals surface area contributed by atoms with Crippen LogP contribution in [-0.4, -0.2) is 19.4 Å². The van der Waals surface area contributed by atoms with Crippen LogP contribution in [0.15, 0.2) is 48.5 Å². The second-order valence-corrected chi connectivity index (χ2v) is 4.31. The topological polar surface area (TPSA) is 59.6 Å². The van der Waals surface area contributed by atoms with Crippen LogP contribution < -0.4 is 20.1 Å². The van der Waals surface area contributed by atoms with Crippen molar-refractivity contribution in [1.82, 2.24) is 5.32 Å². The number of anilines is 1. The molecule has 2 aromatic carbocycles. The minimum atomic E-state index is -0.487. The van der Waals surface area contributed by atoms with E-state index in [0.717, 1.165) is 0 Å². The molecule has 0 saturated heterocycles. The van der Waals surface area contributed by atoms with Gasteiger partial charge in [-0.15, -0.1) is 0 Å². The van der Waals surface area contributed by atoms with Crippen LogP contribution in [0.4, 0.5) is 14.9 Å². The zero-order chi connectivity index (χ0) is 15.8. The lowest BCUT2D eigenvalue weighted by molar-refractivity contribution is 0.229. The average molecular weight is 304 g/mol. The van der Waals surface area contributed by atoms with Crippen molar-refractivity contribution >= 4 is 11.7 Å². The van der Waals surface area contributed by atoms with Crippen LogP contribution in [-0.2, 0) is 0 Å². The molecule has 6 heteroatoms. The first kappa shape index (κ1) is 15.6. The summed E-state index contributed by atoms with van der Waals surface area (Å²) in [6.45, 7) is 2.36. The molecule has 5 nitrogen and oxygen atoms in total. The number of rotatable bonds is 6.